The maximum Gasteiger partial charge on any atom is 0.257 e. The molecule has 0 aromatic heterocycles. The number of amides is 1. The molecular formula is C22H23Cl2N3O5S. The van der Waals surface area contributed by atoms with Crippen LogP contribution in [0.15, 0.2) is 29.2 Å². The number of rotatable bonds is 8. The molecule has 0 spiro atoms. The largest absolute Gasteiger partial charge is 0.490 e. The minimum Gasteiger partial charge on any atom is -0.490 e. The van der Waals surface area contributed by atoms with E-state index in [0.717, 1.165) is 18.9 Å². The Bertz CT molecular complexity index is 1210. The van der Waals surface area contributed by atoms with Gasteiger partial charge in [-0.15, -0.1) is 0 Å². The Morgan fingerprint density at radius 3 is 2.24 bits per heavy atom. The zero-order valence-corrected chi connectivity index (χ0v) is 20.5. The molecule has 1 amide bonds. The first-order valence-corrected chi connectivity index (χ1v) is 12.6. The second-order valence-electron chi connectivity index (χ2n) is 7.15. The number of ether oxygens (including phenoxy) is 2. The predicted octanol–water partition coefficient (Wildman–Crippen LogP) is 4.70. The summed E-state index contributed by atoms with van der Waals surface area (Å²) in [6, 6.07) is 7.36. The Morgan fingerprint density at radius 1 is 1.06 bits per heavy atom. The number of nitrogens with zero attached hydrogens (tertiary/aromatic N) is 2. The van der Waals surface area contributed by atoms with E-state index in [4.69, 9.17) is 32.7 Å². The summed E-state index contributed by atoms with van der Waals surface area (Å²) < 4.78 is 38.4. The highest BCUT2D eigenvalue weighted by atomic mass is 35.5. The van der Waals surface area contributed by atoms with Crippen molar-refractivity contribution in [1.82, 2.24) is 4.31 Å². The molecule has 1 N–H and O–H groups in total. The lowest BCUT2D eigenvalue weighted by atomic mass is 10.1. The number of anilines is 1. The molecule has 3 rings (SSSR count). The summed E-state index contributed by atoms with van der Waals surface area (Å²) in [6.07, 6.45) is 1.52. The summed E-state index contributed by atoms with van der Waals surface area (Å²) in [5.74, 6) is 0.0308. The topological polar surface area (TPSA) is 109 Å². The minimum atomic E-state index is -3.88. The number of nitrogens with one attached hydrogen (secondary N) is 1. The molecule has 176 valence electrons. The monoisotopic (exact) mass is 511 g/mol. The van der Waals surface area contributed by atoms with Gasteiger partial charge >= 0.3 is 0 Å². The lowest BCUT2D eigenvalue weighted by Gasteiger charge is -2.18. The molecule has 2 aromatic carbocycles. The molecule has 8 nitrogen and oxygen atoms in total. The Morgan fingerprint density at radius 2 is 1.67 bits per heavy atom. The molecule has 0 aliphatic carbocycles. The van der Waals surface area contributed by atoms with Crippen molar-refractivity contribution < 1.29 is 22.7 Å². The van der Waals surface area contributed by atoms with E-state index in [1.807, 2.05) is 6.07 Å². The molecule has 1 fully saturated rings. The Balaban J connectivity index is 1.99. The van der Waals surface area contributed by atoms with Crippen LogP contribution >= 0.6 is 23.2 Å². The SMILES string of the molecule is CCOc1cc(C#N)c(NC(=O)c2cc(S(=O)(=O)N3CCCC3)c(Cl)cc2Cl)cc1OCC. The summed E-state index contributed by atoms with van der Waals surface area (Å²) in [7, 11) is -3.88. The van der Waals surface area contributed by atoms with Crippen LogP contribution in [0.4, 0.5) is 5.69 Å². The molecule has 11 heteroatoms. The van der Waals surface area contributed by atoms with E-state index in [1.54, 1.807) is 13.8 Å². The molecular weight excluding hydrogens is 489 g/mol. The number of carbonyl (C=O) groups excluding carboxylic acids is 1. The fourth-order valence-electron chi connectivity index (χ4n) is 3.45. The highest BCUT2D eigenvalue weighted by molar-refractivity contribution is 7.89. The molecule has 0 bridgehead atoms. The van der Waals surface area contributed by atoms with E-state index in [9.17, 15) is 18.5 Å². The van der Waals surface area contributed by atoms with Crippen LogP contribution < -0.4 is 14.8 Å². The first-order valence-electron chi connectivity index (χ1n) is 10.4. The molecule has 1 heterocycles. The molecule has 1 saturated heterocycles. The molecule has 0 unspecified atom stereocenters. The van der Waals surface area contributed by atoms with Gasteiger partial charge in [0.25, 0.3) is 5.91 Å². The molecule has 0 radical (unpaired) electrons. The number of benzene rings is 2. The summed E-state index contributed by atoms with van der Waals surface area (Å²) in [5, 5.41) is 12.1. The van der Waals surface area contributed by atoms with Crippen LogP contribution in [-0.2, 0) is 10.0 Å². The Hall–Kier alpha value is -2.51. The lowest BCUT2D eigenvalue weighted by molar-refractivity contribution is 0.102. The Labute approximate surface area is 203 Å². The van der Waals surface area contributed by atoms with E-state index in [0.29, 0.717) is 37.8 Å². The molecule has 0 atom stereocenters. The third kappa shape index (κ3) is 5.36. The number of hydrogen-bond donors (Lipinski definition) is 1. The van der Waals surface area contributed by atoms with Crippen LogP contribution in [-0.4, -0.2) is 44.9 Å². The van der Waals surface area contributed by atoms with Crippen molar-refractivity contribution >= 4 is 44.8 Å². The number of hydrogen-bond acceptors (Lipinski definition) is 6. The lowest BCUT2D eigenvalue weighted by Crippen LogP contribution is -2.28. The van der Waals surface area contributed by atoms with Gasteiger partial charge in [-0.3, -0.25) is 4.79 Å². The van der Waals surface area contributed by atoms with Crippen molar-refractivity contribution in [2.75, 3.05) is 31.6 Å². The highest BCUT2D eigenvalue weighted by Gasteiger charge is 2.31. The first kappa shape index (κ1) is 25.1. The van der Waals surface area contributed by atoms with Crippen molar-refractivity contribution in [3.63, 3.8) is 0 Å². The minimum absolute atomic E-state index is 0.0210. The van der Waals surface area contributed by atoms with Gasteiger partial charge in [0, 0.05) is 25.2 Å². The van der Waals surface area contributed by atoms with Crippen LogP contribution in [0, 0.1) is 11.3 Å². The number of carbonyl (C=O) groups is 1. The van der Waals surface area contributed by atoms with Gasteiger partial charge in [0.15, 0.2) is 11.5 Å². The summed E-state index contributed by atoms with van der Waals surface area (Å²) in [6.45, 7) is 5.09. The quantitative estimate of drug-likeness (QED) is 0.549. The summed E-state index contributed by atoms with van der Waals surface area (Å²) >= 11 is 12.4. The average Bonchev–Trinajstić information content (AvgIpc) is 3.31. The third-order valence-corrected chi connectivity index (χ3v) is 7.68. The maximum absolute atomic E-state index is 13.1. The number of halogens is 2. The van der Waals surface area contributed by atoms with Gasteiger partial charge in [-0.25, -0.2) is 8.42 Å². The van der Waals surface area contributed by atoms with Crippen molar-refractivity contribution in [2.45, 2.75) is 31.6 Å². The maximum atomic E-state index is 13.1. The second kappa shape index (κ2) is 10.6. The van der Waals surface area contributed by atoms with Gasteiger partial charge in [0.05, 0.1) is 40.1 Å². The van der Waals surface area contributed by atoms with Gasteiger partial charge in [-0.2, -0.15) is 9.57 Å². The first-order chi connectivity index (χ1) is 15.7. The molecule has 1 aliphatic rings. The van der Waals surface area contributed by atoms with Gasteiger partial charge in [0.1, 0.15) is 11.0 Å². The molecule has 33 heavy (non-hydrogen) atoms. The van der Waals surface area contributed by atoms with Gasteiger partial charge in [-0.1, -0.05) is 23.2 Å². The van der Waals surface area contributed by atoms with Crippen LogP contribution in [0.5, 0.6) is 11.5 Å². The van der Waals surface area contributed by atoms with Gasteiger partial charge < -0.3 is 14.8 Å². The molecule has 0 saturated carbocycles. The van der Waals surface area contributed by atoms with Gasteiger partial charge in [-0.05, 0) is 38.8 Å². The van der Waals surface area contributed by atoms with Crippen molar-refractivity contribution in [1.29, 1.82) is 5.26 Å². The normalized spacial score (nSPS) is 14.0. The Kier molecular flexibility index (Phi) is 8.08. The van der Waals surface area contributed by atoms with E-state index in [1.165, 1.54) is 22.5 Å². The van der Waals surface area contributed by atoms with Crippen molar-refractivity contribution in [2.24, 2.45) is 0 Å². The molecule has 2 aromatic rings. The average molecular weight is 512 g/mol. The van der Waals surface area contributed by atoms with Crippen LogP contribution in [0.1, 0.15) is 42.6 Å². The van der Waals surface area contributed by atoms with E-state index < -0.39 is 15.9 Å². The number of sulfonamides is 1. The van der Waals surface area contributed by atoms with Crippen LogP contribution in [0.2, 0.25) is 10.0 Å². The fourth-order valence-corrected chi connectivity index (χ4v) is 5.80. The van der Waals surface area contributed by atoms with E-state index >= 15 is 0 Å². The van der Waals surface area contributed by atoms with Crippen molar-refractivity contribution in [3.05, 3.63) is 45.4 Å². The number of nitriles is 1. The van der Waals surface area contributed by atoms with Crippen LogP contribution in [0.3, 0.4) is 0 Å². The smallest absolute Gasteiger partial charge is 0.257 e. The standard InChI is InChI=1S/C22H23Cl2N3O5S/c1-3-31-19-9-14(13-25)18(12-20(19)32-4-2)26-22(28)15-10-21(17(24)11-16(15)23)33(29,30)27-7-5-6-8-27/h9-12H,3-8H2,1-2H3,(H,26,28). The molecule has 1 aliphatic heterocycles. The summed E-state index contributed by atoms with van der Waals surface area (Å²) in [5.41, 5.74) is 0.226. The third-order valence-electron chi connectivity index (χ3n) is 5.00. The second-order valence-corrected chi connectivity index (χ2v) is 9.87. The van der Waals surface area contributed by atoms with Crippen molar-refractivity contribution in [3.8, 4) is 17.6 Å². The summed E-state index contributed by atoms with van der Waals surface area (Å²) in [4.78, 5) is 12.9. The highest BCUT2D eigenvalue weighted by Crippen LogP contribution is 2.35. The van der Waals surface area contributed by atoms with E-state index in [-0.39, 0.29) is 31.8 Å². The zero-order chi connectivity index (χ0) is 24.2. The van der Waals surface area contributed by atoms with E-state index in [2.05, 4.69) is 5.32 Å². The zero-order valence-electron chi connectivity index (χ0n) is 18.2. The predicted molar refractivity (Wildman–Crippen MR) is 126 cm³/mol. The fraction of sp³-hybridized carbons (Fsp3) is 0.364. The van der Waals surface area contributed by atoms with Crippen LogP contribution in [0.25, 0.3) is 0 Å². The van der Waals surface area contributed by atoms with Gasteiger partial charge in [0.2, 0.25) is 10.0 Å².